The molecule has 2 aromatic carbocycles. The van der Waals surface area contributed by atoms with Gasteiger partial charge in [0, 0.05) is 6.07 Å². The number of hydrogen-bond donors (Lipinski definition) is 0. The summed E-state index contributed by atoms with van der Waals surface area (Å²) >= 11 is 5.64. The summed E-state index contributed by atoms with van der Waals surface area (Å²) in [6.45, 7) is 0. The first-order valence-electron chi connectivity index (χ1n) is 5.37. The molecule has 0 N–H and O–H groups in total. The van der Waals surface area contributed by atoms with Crippen LogP contribution in [-0.2, 0) is 6.18 Å². The first-order valence-corrected chi connectivity index (χ1v) is 5.75. The van der Waals surface area contributed by atoms with E-state index in [1.807, 2.05) is 0 Å². The second-order valence-corrected chi connectivity index (χ2v) is 4.35. The van der Waals surface area contributed by atoms with Gasteiger partial charge in [-0.3, -0.25) is 0 Å². The molecule has 0 saturated heterocycles. The summed E-state index contributed by atoms with van der Waals surface area (Å²) in [7, 11) is 0. The fourth-order valence-corrected chi connectivity index (χ4v) is 1.64. The molecule has 0 bridgehead atoms. The number of ether oxygens (including phenoxy) is 1. The minimum atomic E-state index is -4.91. The molecular formula is C13H5ClF6O. The predicted octanol–water partition coefficient (Wildman–Crippen LogP) is 5.57. The molecule has 0 aromatic heterocycles. The molecule has 0 atom stereocenters. The van der Waals surface area contributed by atoms with Gasteiger partial charge in [0.15, 0.2) is 17.4 Å². The van der Waals surface area contributed by atoms with E-state index < -0.39 is 40.7 Å². The van der Waals surface area contributed by atoms with Crippen LogP contribution in [0.15, 0.2) is 30.3 Å². The van der Waals surface area contributed by atoms with Crippen molar-refractivity contribution in [3.8, 4) is 11.5 Å². The Bertz CT molecular complexity index is 660. The standard InChI is InChI=1S/C13H5ClF6O/c14-8-2-1-7(15)5-11(8)21-12-9(16)3-6(4-10(12)17)13(18,19)20/h1-5H. The van der Waals surface area contributed by atoms with Gasteiger partial charge >= 0.3 is 6.18 Å². The Morgan fingerprint density at radius 3 is 2.00 bits per heavy atom. The Kier molecular flexibility index (Phi) is 4.04. The maximum absolute atomic E-state index is 13.6. The fraction of sp³-hybridized carbons (Fsp3) is 0.0769. The van der Waals surface area contributed by atoms with E-state index in [-0.39, 0.29) is 17.2 Å². The van der Waals surface area contributed by atoms with Crippen LogP contribution in [0.4, 0.5) is 26.3 Å². The first kappa shape index (κ1) is 15.5. The lowest BCUT2D eigenvalue weighted by atomic mass is 10.2. The van der Waals surface area contributed by atoms with E-state index in [4.69, 9.17) is 16.3 Å². The molecule has 0 aliphatic heterocycles. The van der Waals surface area contributed by atoms with Crippen LogP contribution in [0.5, 0.6) is 11.5 Å². The summed E-state index contributed by atoms with van der Waals surface area (Å²) < 4.78 is 82.0. The molecule has 21 heavy (non-hydrogen) atoms. The van der Waals surface area contributed by atoms with Crippen molar-refractivity contribution in [1.29, 1.82) is 0 Å². The molecule has 2 aromatic rings. The molecular weight excluding hydrogens is 322 g/mol. The van der Waals surface area contributed by atoms with Gasteiger partial charge in [0.1, 0.15) is 11.6 Å². The van der Waals surface area contributed by atoms with E-state index in [1.54, 1.807) is 0 Å². The Morgan fingerprint density at radius 2 is 1.48 bits per heavy atom. The molecule has 0 radical (unpaired) electrons. The zero-order chi connectivity index (χ0) is 15.8. The number of benzene rings is 2. The van der Waals surface area contributed by atoms with Crippen LogP contribution in [0.1, 0.15) is 5.56 Å². The van der Waals surface area contributed by atoms with Crippen molar-refractivity contribution in [2.45, 2.75) is 6.18 Å². The minimum absolute atomic E-state index is 0.0750. The van der Waals surface area contributed by atoms with Gasteiger partial charge in [0.25, 0.3) is 0 Å². The van der Waals surface area contributed by atoms with E-state index in [0.717, 1.165) is 18.2 Å². The van der Waals surface area contributed by atoms with E-state index in [1.165, 1.54) is 0 Å². The summed E-state index contributed by atoms with van der Waals surface area (Å²) in [5.74, 6) is -5.47. The Morgan fingerprint density at radius 1 is 0.905 bits per heavy atom. The van der Waals surface area contributed by atoms with Gasteiger partial charge in [0.2, 0.25) is 0 Å². The third-order valence-electron chi connectivity index (χ3n) is 2.43. The lowest BCUT2D eigenvalue weighted by molar-refractivity contribution is -0.138. The quantitative estimate of drug-likeness (QED) is 0.656. The largest absolute Gasteiger partial charge is 0.449 e. The molecule has 2 rings (SSSR count). The second-order valence-electron chi connectivity index (χ2n) is 3.94. The molecule has 0 amide bonds. The molecule has 0 fully saturated rings. The molecule has 0 heterocycles. The highest BCUT2D eigenvalue weighted by Crippen LogP contribution is 2.37. The summed E-state index contributed by atoms with van der Waals surface area (Å²) in [4.78, 5) is 0. The topological polar surface area (TPSA) is 9.23 Å². The van der Waals surface area contributed by atoms with Crippen LogP contribution < -0.4 is 4.74 Å². The minimum Gasteiger partial charge on any atom is -0.449 e. The maximum Gasteiger partial charge on any atom is 0.416 e. The smallest absolute Gasteiger partial charge is 0.416 e. The van der Waals surface area contributed by atoms with Gasteiger partial charge in [-0.2, -0.15) is 13.2 Å². The van der Waals surface area contributed by atoms with Gasteiger partial charge in [-0.1, -0.05) is 11.6 Å². The van der Waals surface area contributed by atoms with E-state index >= 15 is 0 Å². The Labute approximate surface area is 119 Å². The van der Waals surface area contributed by atoms with E-state index in [2.05, 4.69) is 0 Å². The predicted molar refractivity (Wildman–Crippen MR) is 62.8 cm³/mol. The summed E-state index contributed by atoms with van der Waals surface area (Å²) in [6, 6.07) is 2.96. The van der Waals surface area contributed by atoms with Crippen LogP contribution in [0.3, 0.4) is 0 Å². The fourth-order valence-electron chi connectivity index (χ4n) is 1.49. The third kappa shape index (κ3) is 3.41. The zero-order valence-electron chi connectivity index (χ0n) is 9.94. The second kappa shape index (κ2) is 5.48. The lowest BCUT2D eigenvalue weighted by Gasteiger charge is -2.12. The van der Waals surface area contributed by atoms with Crippen molar-refractivity contribution in [3.05, 3.63) is 58.4 Å². The lowest BCUT2D eigenvalue weighted by Crippen LogP contribution is -2.07. The molecule has 0 aliphatic rings. The monoisotopic (exact) mass is 326 g/mol. The van der Waals surface area contributed by atoms with Crippen LogP contribution in [0.2, 0.25) is 5.02 Å². The average molecular weight is 327 g/mol. The molecule has 0 spiro atoms. The van der Waals surface area contributed by atoms with Gasteiger partial charge in [0.05, 0.1) is 10.6 Å². The molecule has 112 valence electrons. The highest BCUT2D eigenvalue weighted by atomic mass is 35.5. The van der Waals surface area contributed by atoms with Crippen molar-refractivity contribution < 1.29 is 31.1 Å². The van der Waals surface area contributed by atoms with Crippen molar-refractivity contribution in [2.24, 2.45) is 0 Å². The van der Waals surface area contributed by atoms with Crippen molar-refractivity contribution in [1.82, 2.24) is 0 Å². The highest BCUT2D eigenvalue weighted by Gasteiger charge is 2.33. The summed E-state index contributed by atoms with van der Waals surface area (Å²) in [5.41, 5.74) is -1.50. The number of rotatable bonds is 2. The van der Waals surface area contributed by atoms with E-state index in [0.29, 0.717) is 0 Å². The Balaban J connectivity index is 2.44. The van der Waals surface area contributed by atoms with Crippen molar-refractivity contribution >= 4 is 11.6 Å². The molecule has 0 saturated carbocycles. The number of hydrogen-bond acceptors (Lipinski definition) is 1. The number of alkyl halides is 3. The summed E-state index contributed by atoms with van der Waals surface area (Å²) in [6.07, 6.45) is -4.91. The first-order chi connectivity index (χ1) is 9.68. The average Bonchev–Trinajstić information content (AvgIpc) is 2.36. The van der Waals surface area contributed by atoms with Crippen LogP contribution in [0.25, 0.3) is 0 Å². The van der Waals surface area contributed by atoms with Gasteiger partial charge < -0.3 is 4.74 Å². The van der Waals surface area contributed by atoms with Crippen LogP contribution in [0, 0.1) is 17.5 Å². The zero-order valence-corrected chi connectivity index (χ0v) is 10.7. The molecule has 8 heteroatoms. The third-order valence-corrected chi connectivity index (χ3v) is 2.74. The summed E-state index contributed by atoms with van der Waals surface area (Å²) in [5, 5.41) is -0.157. The highest BCUT2D eigenvalue weighted by molar-refractivity contribution is 6.32. The van der Waals surface area contributed by atoms with Crippen molar-refractivity contribution in [2.75, 3.05) is 0 Å². The van der Waals surface area contributed by atoms with Crippen LogP contribution in [-0.4, -0.2) is 0 Å². The Hall–Kier alpha value is -1.89. The van der Waals surface area contributed by atoms with Crippen molar-refractivity contribution in [3.63, 3.8) is 0 Å². The van der Waals surface area contributed by atoms with E-state index in [9.17, 15) is 26.3 Å². The van der Waals surface area contributed by atoms with Gasteiger partial charge in [-0.25, -0.2) is 13.2 Å². The van der Waals surface area contributed by atoms with Gasteiger partial charge in [-0.15, -0.1) is 0 Å². The van der Waals surface area contributed by atoms with Crippen LogP contribution >= 0.6 is 11.6 Å². The number of halogens is 7. The normalized spacial score (nSPS) is 11.6. The molecule has 0 unspecified atom stereocenters. The SMILES string of the molecule is Fc1ccc(Cl)c(Oc2c(F)cc(C(F)(F)F)cc2F)c1. The van der Waals surface area contributed by atoms with Gasteiger partial charge in [-0.05, 0) is 24.3 Å². The maximum atomic E-state index is 13.6. The molecule has 1 nitrogen and oxygen atoms in total. The molecule has 0 aliphatic carbocycles.